The highest BCUT2D eigenvalue weighted by molar-refractivity contribution is 5.85. The van der Waals surface area contributed by atoms with Crippen LogP contribution in [0.15, 0.2) is 23.8 Å². The summed E-state index contributed by atoms with van der Waals surface area (Å²) in [6, 6.07) is 0. The minimum absolute atomic E-state index is 0.00913. The van der Waals surface area contributed by atoms with Gasteiger partial charge in [-0.15, -0.1) is 0 Å². The van der Waals surface area contributed by atoms with Gasteiger partial charge in [0.1, 0.15) is 6.61 Å². The SMILES string of the molecule is C=C1CC(O)CC2C(C)(CCC3=CC(=O)OC3)C(C)CC(O)C12C. The Morgan fingerprint density at radius 3 is 2.67 bits per heavy atom. The molecule has 6 atom stereocenters. The summed E-state index contributed by atoms with van der Waals surface area (Å²) < 4.78 is 5.02. The third-order valence-corrected chi connectivity index (χ3v) is 7.37. The summed E-state index contributed by atoms with van der Waals surface area (Å²) in [4.78, 5) is 11.3. The van der Waals surface area contributed by atoms with E-state index in [1.54, 1.807) is 6.08 Å². The van der Waals surface area contributed by atoms with E-state index in [0.717, 1.165) is 30.4 Å². The molecule has 24 heavy (non-hydrogen) atoms. The van der Waals surface area contributed by atoms with Gasteiger partial charge in [0.15, 0.2) is 0 Å². The zero-order valence-corrected chi connectivity index (χ0v) is 15.0. The van der Waals surface area contributed by atoms with Gasteiger partial charge in [-0.3, -0.25) is 0 Å². The molecule has 3 rings (SSSR count). The molecular formula is C20H30O4. The lowest BCUT2D eigenvalue weighted by molar-refractivity contribution is -0.144. The third-order valence-electron chi connectivity index (χ3n) is 7.37. The van der Waals surface area contributed by atoms with Crippen LogP contribution in [0.5, 0.6) is 0 Å². The maximum Gasteiger partial charge on any atom is 0.331 e. The van der Waals surface area contributed by atoms with Crippen molar-refractivity contribution >= 4 is 5.97 Å². The van der Waals surface area contributed by atoms with Gasteiger partial charge in [-0.25, -0.2) is 4.79 Å². The van der Waals surface area contributed by atoms with E-state index in [2.05, 4.69) is 27.4 Å². The Bertz CT molecular complexity index is 580. The Kier molecular flexibility index (Phi) is 4.42. The molecule has 1 heterocycles. The minimum Gasteiger partial charge on any atom is -0.458 e. The summed E-state index contributed by atoms with van der Waals surface area (Å²) in [7, 11) is 0. The van der Waals surface area contributed by atoms with E-state index in [-0.39, 0.29) is 28.8 Å². The fourth-order valence-corrected chi connectivity index (χ4v) is 5.37. The summed E-state index contributed by atoms with van der Waals surface area (Å²) in [6.45, 7) is 11.2. The summed E-state index contributed by atoms with van der Waals surface area (Å²) in [5, 5.41) is 21.2. The highest BCUT2D eigenvalue weighted by Crippen LogP contribution is 2.62. The van der Waals surface area contributed by atoms with Crippen LogP contribution in [0.4, 0.5) is 0 Å². The van der Waals surface area contributed by atoms with Crippen molar-refractivity contribution in [1.29, 1.82) is 0 Å². The monoisotopic (exact) mass is 334 g/mol. The van der Waals surface area contributed by atoms with E-state index < -0.39 is 6.10 Å². The molecule has 134 valence electrons. The summed E-state index contributed by atoms with van der Waals surface area (Å²) >= 11 is 0. The molecule has 0 amide bonds. The number of hydrogen-bond donors (Lipinski definition) is 2. The molecule has 2 N–H and O–H groups in total. The lowest BCUT2D eigenvalue weighted by Crippen LogP contribution is -2.58. The van der Waals surface area contributed by atoms with Crippen molar-refractivity contribution in [2.24, 2.45) is 22.7 Å². The van der Waals surface area contributed by atoms with Crippen LogP contribution in [0.1, 0.15) is 52.9 Å². The minimum atomic E-state index is -0.402. The normalized spacial score (nSPS) is 45.6. The van der Waals surface area contributed by atoms with E-state index >= 15 is 0 Å². The first-order chi connectivity index (χ1) is 11.2. The van der Waals surface area contributed by atoms with E-state index in [1.807, 2.05) is 0 Å². The predicted molar refractivity (Wildman–Crippen MR) is 92.1 cm³/mol. The zero-order chi connectivity index (χ0) is 17.7. The van der Waals surface area contributed by atoms with Crippen LogP contribution in [0, 0.1) is 22.7 Å². The van der Waals surface area contributed by atoms with Crippen LogP contribution in [-0.2, 0) is 9.53 Å². The van der Waals surface area contributed by atoms with Crippen molar-refractivity contribution in [1.82, 2.24) is 0 Å². The maximum atomic E-state index is 11.3. The Balaban J connectivity index is 1.87. The summed E-state index contributed by atoms with van der Waals surface area (Å²) in [5.41, 5.74) is 1.69. The second-order valence-corrected chi connectivity index (χ2v) is 8.60. The van der Waals surface area contributed by atoms with Crippen LogP contribution in [0.2, 0.25) is 0 Å². The number of ether oxygens (including phenoxy) is 1. The topological polar surface area (TPSA) is 66.8 Å². The molecular weight excluding hydrogens is 304 g/mol. The molecule has 2 aliphatic carbocycles. The van der Waals surface area contributed by atoms with Gasteiger partial charge in [-0.05, 0) is 54.9 Å². The molecule has 0 aromatic rings. The summed E-state index contributed by atoms with van der Waals surface area (Å²) in [5.74, 6) is 0.300. The number of cyclic esters (lactones) is 1. The number of rotatable bonds is 3. The highest BCUT2D eigenvalue weighted by atomic mass is 16.5. The van der Waals surface area contributed by atoms with Gasteiger partial charge in [-0.1, -0.05) is 32.9 Å². The molecule has 0 aromatic carbocycles. The molecule has 6 unspecified atom stereocenters. The van der Waals surface area contributed by atoms with Crippen LogP contribution in [0.3, 0.4) is 0 Å². The molecule has 4 nitrogen and oxygen atoms in total. The van der Waals surface area contributed by atoms with Gasteiger partial charge in [0.25, 0.3) is 0 Å². The van der Waals surface area contributed by atoms with E-state index in [4.69, 9.17) is 4.74 Å². The molecule has 0 spiro atoms. The fraction of sp³-hybridized carbons (Fsp3) is 0.750. The van der Waals surface area contributed by atoms with Gasteiger partial charge in [0.2, 0.25) is 0 Å². The molecule has 0 saturated heterocycles. The zero-order valence-electron chi connectivity index (χ0n) is 15.0. The average Bonchev–Trinajstić information content (AvgIpc) is 2.92. The predicted octanol–water partition coefficient (Wildman–Crippen LogP) is 2.99. The number of esters is 1. The first-order valence-corrected chi connectivity index (χ1v) is 9.08. The summed E-state index contributed by atoms with van der Waals surface area (Å²) in [6.07, 6.45) is 4.65. The first kappa shape index (κ1) is 17.7. The number of fused-ring (bicyclic) bond motifs is 1. The number of aliphatic hydroxyl groups is 2. The second-order valence-electron chi connectivity index (χ2n) is 8.60. The average molecular weight is 334 g/mol. The van der Waals surface area contributed by atoms with E-state index in [0.29, 0.717) is 25.4 Å². The Labute approximate surface area is 144 Å². The Morgan fingerprint density at radius 2 is 2.04 bits per heavy atom. The maximum absolute atomic E-state index is 11.3. The van der Waals surface area contributed by atoms with Gasteiger partial charge in [0.05, 0.1) is 12.2 Å². The molecule has 0 bridgehead atoms. The quantitative estimate of drug-likeness (QED) is 0.615. The number of hydrogen-bond acceptors (Lipinski definition) is 4. The molecule has 1 aliphatic heterocycles. The molecule has 2 saturated carbocycles. The van der Waals surface area contributed by atoms with Crippen molar-refractivity contribution in [3.8, 4) is 0 Å². The highest BCUT2D eigenvalue weighted by Gasteiger charge is 2.59. The number of carbonyl (C=O) groups excluding carboxylic acids is 1. The van der Waals surface area contributed by atoms with Crippen molar-refractivity contribution in [3.63, 3.8) is 0 Å². The van der Waals surface area contributed by atoms with Crippen molar-refractivity contribution in [2.45, 2.75) is 65.1 Å². The first-order valence-electron chi connectivity index (χ1n) is 9.08. The van der Waals surface area contributed by atoms with Crippen molar-refractivity contribution in [3.05, 3.63) is 23.8 Å². The third kappa shape index (κ3) is 2.64. The van der Waals surface area contributed by atoms with E-state index in [9.17, 15) is 15.0 Å². The molecule has 3 aliphatic rings. The Morgan fingerprint density at radius 1 is 1.33 bits per heavy atom. The van der Waals surface area contributed by atoms with Gasteiger partial charge < -0.3 is 14.9 Å². The second kappa shape index (κ2) is 5.99. The lowest BCUT2D eigenvalue weighted by atomic mass is 9.45. The van der Waals surface area contributed by atoms with Crippen LogP contribution in [-0.4, -0.2) is 35.0 Å². The van der Waals surface area contributed by atoms with Crippen LogP contribution < -0.4 is 0 Å². The molecule has 4 heteroatoms. The van der Waals surface area contributed by atoms with Crippen molar-refractivity contribution < 1.29 is 19.7 Å². The van der Waals surface area contributed by atoms with Gasteiger partial charge >= 0.3 is 5.97 Å². The standard InChI is InChI=1S/C20H30O4/c1-12-8-17(22)20(4)13(2)7-15(21)10-16(20)19(12,3)6-5-14-9-18(23)24-11-14/h9,12,15-17,21-22H,2,5-8,10-11H2,1,3-4H3. The molecule has 0 aromatic heterocycles. The lowest BCUT2D eigenvalue weighted by Gasteiger charge is -2.61. The number of aliphatic hydroxyl groups excluding tert-OH is 2. The molecule has 0 radical (unpaired) electrons. The van der Waals surface area contributed by atoms with E-state index in [1.165, 1.54) is 0 Å². The molecule has 2 fully saturated rings. The van der Waals surface area contributed by atoms with Crippen molar-refractivity contribution in [2.75, 3.05) is 6.61 Å². The van der Waals surface area contributed by atoms with Crippen LogP contribution >= 0.6 is 0 Å². The Hall–Kier alpha value is -1.13. The van der Waals surface area contributed by atoms with Gasteiger partial charge in [-0.2, -0.15) is 0 Å². The van der Waals surface area contributed by atoms with Gasteiger partial charge in [0, 0.05) is 11.5 Å². The smallest absolute Gasteiger partial charge is 0.331 e. The fourth-order valence-electron chi connectivity index (χ4n) is 5.37. The van der Waals surface area contributed by atoms with Crippen LogP contribution in [0.25, 0.3) is 0 Å². The number of carbonyl (C=O) groups is 1. The largest absolute Gasteiger partial charge is 0.458 e.